The van der Waals surface area contributed by atoms with E-state index in [1.165, 1.54) is 6.33 Å². The number of nitrogens with one attached hydrogen (secondary N) is 1. The molecule has 1 fully saturated rings. The summed E-state index contributed by atoms with van der Waals surface area (Å²) in [7, 11) is 0. The van der Waals surface area contributed by atoms with Crippen LogP contribution in [0.25, 0.3) is 11.2 Å². The SMILES string of the molecule is CCSC[C@H]1O[C@@H](n2cnc3c(NCc4ccccc4)ncnc32)[C@H](O)[C@@H]1O. The van der Waals surface area contributed by atoms with E-state index in [4.69, 9.17) is 4.74 Å². The number of thioether (sulfide) groups is 1. The third-order valence-corrected chi connectivity index (χ3v) is 5.73. The predicted molar refractivity (Wildman–Crippen MR) is 108 cm³/mol. The average Bonchev–Trinajstić information content (AvgIpc) is 3.27. The molecule has 2 aromatic heterocycles. The number of imidazole rings is 1. The van der Waals surface area contributed by atoms with E-state index in [1.807, 2.05) is 37.3 Å². The second-order valence-electron chi connectivity index (χ2n) is 6.59. The van der Waals surface area contributed by atoms with Crippen LogP contribution in [0.15, 0.2) is 43.0 Å². The van der Waals surface area contributed by atoms with Crippen LogP contribution < -0.4 is 5.32 Å². The summed E-state index contributed by atoms with van der Waals surface area (Å²) in [4.78, 5) is 13.0. The second kappa shape index (κ2) is 8.44. The molecule has 8 nitrogen and oxygen atoms in total. The van der Waals surface area contributed by atoms with Gasteiger partial charge in [0.1, 0.15) is 18.5 Å². The number of rotatable bonds is 7. The molecule has 1 aliphatic rings. The Kier molecular flexibility index (Phi) is 5.77. The van der Waals surface area contributed by atoms with Gasteiger partial charge < -0.3 is 20.3 Å². The van der Waals surface area contributed by atoms with Crippen molar-refractivity contribution < 1.29 is 14.9 Å². The molecule has 1 aromatic carbocycles. The molecule has 0 spiro atoms. The maximum Gasteiger partial charge on any atom is 0.167 e. The van der Waals surface area contributed by atoms with Crippen LogP contribution in [0, 0.1) is 0 Å². The van der Waals surface area contributed by atoms with Crippen molar-refractivity contribution in [2.24, 2.45) is 0 Å². The lowest BCUT2D eigenvalue weighted by molar-refractivity contribution is -0.0288. The molecule has 0 saturated carbocycles. The summed E-state index contributed by atoms with van der Waals surface area (Å²) in [5.41, 5.74) is 2.27. The minimum atomic E-state index is -1.05. The fourth-order valence-corrected chi connectivity index (χ4v) is 4.02. The Labute approximate surface area is 167 Å². The predicted octanol–water partition coefficient (Wildman–Crippen LogP) is 1.81. The van der Waals surface area contributed by atoms with Crippen LogP contribution >= 0.6 is 11.8 Å². The Balaban J connectivity index is 1.56. The normalized spacial score (nSPS) is 24.7. The Morgan fingerprint density at radius 1 is 1.14 bits per heavy atom. The molecule has 0 unspecified atom stereocenters. The number of aromatic nitrogens is 4. The lowest BCUT2D eigenvalue weighted by atomic mass is 10.1. The smallest absolute Gasteiger partial charge is 0.167 e. The van der Waals surface area contributed by atoms with Crippen LogP contribution in [0.5, 0.6) is 0 Å². The summed E-state index contributed by atoms with van der Waals surface area (Å²) in [5, 5.41) is 24.1. The Bertz CT molecular complexity index is 922. The van der Waals surface area contributed by atoms with Gasteiger partial charge in [-0.2, -0.15) is 11.8 Å². The summed E-state index contributed by atoms with van der Waals surface area (Å²) in [5.74, 6) is 2.15. The van der Waals surface area contributed by atoms with Gasteiger partial charge in [0, 0.05) is 12.3 Å². The molecular weight excluding hydrogens is 378 g/mol. The molecule has 0 aliphatic carbocycles. The van der Waals surface area contributed by atoms with Crippen molar-refractivity contribution in [3.05, 3.63) is 48.5 Å². The number of hydrogen-bond acceptors (Lipinski definition) is 8. The van der Waals surface area contributed by atoms with Gasteiger partial charge in [0.15, 0.2) is 23.2 Å². The van der Waals surface area contributed by atoms with Crippen molar-refractivity contribution in [2.75, 3.05) is 16.8 Å². The van der Waals surface area contributed by atoms with E-state index in [0.29, 0.717) is 29.3 Å². The minimum absolute atomic E-state index is 0.431. The Morgan fingerprint density at radius 2 is 1.96 bits per heavy atom. The van der Waals surface area contributed by atoms with E-state index in [9.17, 15) is 10.2 Å². The van der Waals surface area contributed by atoms with Crippen LogP contribution in [-0.2, 0) is 11.3 Å². The van der Waals surface area contributed by atoms with Crippen molar-refractivity contribution in [1.82, 2.24) is 19.5 Å². The van der Waals surface area contributed by atoms with Gasteiger partial charge in [0.2, 0.25) is 0 Å². The maximum absolute atomic E-state index is 10.5. The molecule has 1 aliphatic heterocycles. The molecule has 4 atom stereocenters. The highest BCUT2D eigenvalue weighted by molar-refractivity contribution is 7.99. The third-order valence-electron chi connectivity index (χ3n) is 4.76. The number of aliphatic hydroxyl groups excluding tert-OH is 2. The highest BCUT2D eigenvalue weighted by atomic mass is 32.2. The first-order valence-electron chi connectivity index (χ1n) is 9.23. The van der Waals surface area contributed by atoms with Crippen LogP contribution in [0.2, 0.25) is 0 Å². The molecule has 0 bridgehead atoms. The fourth-order valence-electron chi connectivity index (χ4n) is 3.28. The summed E-state index contributed by atoms with van der Waals surface area (Å²) in [6.07, 6.45) is -0.132. The quantitative estimate of drug-likeness (QED) is 0.551. The molecule has 9 heteroatoms. The zero-order valence-electron chi connectivity index (χ0n) is 15.5. The van der Waals surface area contributed by atoms with Gasteiger partial charge >= 0.3 is 0 Å². The van der Waals surface area contributed by atoms with Gasteiger partial charge in [-0.25, -0.2) is 15.0 Å². The van der Waals surface area contributed by atoms with Gasteiger partial charge in [-0.15, -0.1) is 0 Å². The Hall–Kier alpha value is -2.20. The van der Waals surface area contributed by atoms with Gasteiger partial charge in [-0.05, 0) is 11.3 Å². The minimum Gasteiger partial charge on any atom is -0.387 e. The van der Waals surface area contributed by atoms with E-state index >= 15 is 0 Å². The summed E-state index contributed by atoms with van der Waals surface area (Å²) >= 11 is 1.66. The molecular formula is C19H23N5O3S. The first-order valence-corrected chi connectivity index (χ1v) is 10.4. The number of anilines is 1. The molecule has 0 amide bonds. The molecule has 3 aromatic rings. The average molecular weight is 401 g/mol. The first-order chi connectivity index (χ1) is 13.7. The lowest BCUT2D eigenvalue weighted by Crippen LogP contribution is -2.32. The highest BCUT2D eigenvalue weighted by Crippen LogP contribution is 2.33. The van der Waals surface area contributed by atoms with Crippen LogP contribution in [0.3, 0.4) is 0 Å². The van der Waals surface area contributed by atoms with Gasteiger partial charge in [0.05, 0.1) is 12.4 Å². The second-order valence-corrected chi connectivity index (χ2v) is 7.91. The number of fused-ring (bicyclic) bond motifs is 1. The van der Waals surface area contributed by atoms with Crippen molar-refractivity contribution in [3.63, 3.8) is 0 Å². The molecule has 0 radical (unpaired) electrons. The molecule has 3 heterocycles. The number of ether oxygens (including phenoxy) is 1. The summed E-state index contributed by atoms with van der Waals surface area (Å²) in [6.45, 7) is 2.65. The number of benzene rings is 1. The van der Waals surface area contributed by atoms with E-state index in [2.05, 4.69) is 20.3 Å². The maximum atomic E-state index is 10.5. The molecule has 3 N–H and O–H groups in total. The summed E-state index contributed by atoms with van der Waals surface area (Å²) in [6, 6.07) is 10.0. The van der Waals surface area contributed by atoms with Gasteiger partial charge in [-0.3, -0.25) is 4.57 Å². The first kappa shape index (κ1) is 19.1. The summed E-state index contributed by atoms with van der Waals surface area (Å²) < 4.78 is 7.59. The van der Waals surface area contributed by atoms with Crippen molar-refractivity contribution in [1.29, 1.82) is 0 Å². The van der Waals surface area contributed by atoms with Crippen molar-refractivity contribution in [3.8, 4) is 0 Å². The lowest BCUT2D eigenvalue weighted by Gasteiger charge is -2.16. The van der Waals surface area contributed by atoms with Crippen LogP contribution in [0.4, 0.5) is 5.82 Å². The molecule has 4 rings (SSSR count). The number of nitrogens with zero attached hydrogens (tertiary/aromatic N) is 4. The van der Waals surface area contributed by atoms with E-state index in [1.54, 1.807) is 22.7 Å². The topological polar surface area (TPSA) is 105 Å². The van der Waals surface area contributed by atoms with E-state index in [0.717, 1.165) is 11.3 Å². The van der Waals surface area contributed by atoms with Crippen LogP contribution in [0.1, 0.15) is 18.7 Å². The van der Waals surface area contributed by atoms with E-state index < -0.39 is 24.5 Å². The zero-order valence-corrected chi connectivity index (χ0v) is 16.3. The Morgan fingerprint density at radius 3 is 2.75 bits per heavy atom. The number of hydrogen-bond donors (Lipinski definition) is 3. The van der Waals surface area contributed by atoms with Gasteiger partial charge in [0.25, 0.3) is 0 Å². The molecule has 28 heavy (non-hydrogen) atoms. The molecule has 148 valence electrons. The van der Waals surface area contributed by atoms with E-state index in [-0.39, 0.29) is 0 Å². The van der Waals surface area contributed by atoms with Crippen molar-refractivity contribution >= 4 is 28.7 Å². The van der Waals surface area contributed by atoms with Crippen molar-refractivity contribution in [2.45, 2.75) is 38.0 Å². The molecule has 1 saturated heterocycles. The largest absolute Gasteiger partial charge is 0.387 e. The fraction of sp³-hybridized carbons (Fsp3) is 0.421. The van der Waals surface area contributed by atoms with Crippen LogP contribution in [-0.4, -0.2) is 59.5 Å². The third kappa shape index (κ3) is 3.70. The van der Waals surface area contributed by atoms with Gasteiger partial charge in [-0.1, -0.05) is 37.3 Å². The zero-order chi connectivity index (χ0) is 19.5. The monoisotopic (exact) mass is 401 g/mol. The highest BCUT2D eigenvalue weighted by Gasteiger charge is 2.44. The standard InChI is InChI=1S/C19H23N5O3S/c1-2-28-9-13-15(25)16(26)19(27-13)24-11-23-14-17(21-10-22-18(14)24)20-8-12-6-4-3-5-7-12/h3-7,10-11,13,15-16,19,25-26H,2,8-9H2,1H3,(H,20,21,22)/t13-,15-,16-,19-/m1/s1. The number of aliphatic hydroxyl groups is 2.